The fourth-order valence-electron chi connectivity index (χ4n) is 11.2. The molecule has 1 amide bonds. The van der Waals surface area contributed by atoms with E-state index < -0.39 is 76.1 Å². The maximum atomic E-state index is 12.9. The van der Waals surface area contributed by atoms with E-state index in [1.54, 1.807) is 175 Å². The van der Waals surface area contributed by atoms with Crippen molar-refractivity contribution in [1.82, 2.24) is 5.48 Å². The SMILES string of the molecule is COC(=O)CC1c2ccccc2S(=O)(=O)N1c1ccccc1.N#CCCC1c2ccccc2S(=O)(=O)N1c1ccccc1.O=C(CCC1c2ccccc2S(=O)(=O)N1c1ccccc1)NO.O=C(O)CCC1c2ccccc2S(=O)(=O)N1c1ccccc1. The number of methoxy groups -OCH3 is 1. The first-order valence-electron chi connectivity index (χ1n) is 27.6. The zero-order valence-electron chi connectivity index (χ0n) is 47.2. The highest BCUT2D eigenvalue weighted by Crippen LogP contribution is 2.48. The molecule has 8 aromatic rings. The molecular weight excluding hydrogens is 1200 g/mol. The minimum Gasteiger partial charge on any atom is -0.481 e. The van der Waals surface area contributed by atoms with Crippen LogP contribution in [0.15, 0.2) is 238 Å². The number of rotatable bonds is 14. The van der Waals surface area contributed by atoms with Crippen molar-refractivity contribution in [3.8, 4) is 6.07 Å². The zero-order valence-corrected chi connectivity index (χ0v) is 50.5. The first-order chi connectivity index (χ1) is 42.3. The summed E-state index contributed by atoms with van der Waals surface area (Å²) in [4.78, 5) is 35.1. The second-order valence-corrected chi connectivity index (χ2v) is 27.4. The molecule has 4 aliphatic rings. The van der Waals surface area contributed by atoms with Crippen molar-refractivity contribution in [2.45, 2.75) is 88.7 Å². The molecule has 0 fully saturated rings. The largest absolute Gasteiger partial charge is 0.481 e. The zero-order chi connectivity index (χ0) is 62.8. The minimum atomic E-state index is -3.68. The summed E-state index contributed by atoms with van der Waals surface area (Å²) < 4.78 is 113. The normalized spacial score (nSPS) is 18.8. The molecule has 0 aromatic heterocycles. The van der Waals surface area contributed by atoms with Gasteiger partial charge in [-0.2, -0.15) is 5.26 Å². The van der Waals surface area contributed by atoms with E-state index in [9.17, 15) is 48.1 Å². The molecule has 88 heavy (non-hydrogen) atoms. The van der Waals surface area contributed by atoms with Gasteiger partial charge in [-0.1, -0.05) is 146 Å². The molecule has 4 aliphatic heterocycles. The Morgan fingerprint density at radius 2 is 0.705 bits per heavy atom. The van der Waals surface area contributed by atoms with Gasteiger partial charge in [0.1, 0.15) is 0 Å². The van der Waals surface area contributed by atoms with Gasteiger partial charge in [0.2, 0.25) is 5.91 Å². The second-order valence-electron chi connectivity index (χ2n) is 20.2. The molecule has 12 rings (SSSR count). The summed E-state index contributed by atoms with van der Waals surface area (Å²) in [6.07, 6.45) is 1.23. The fourth-order valence-corrected chi connectivity index (χ4v) is 18.8. The van der Waals surface area contributed by atoms with Crippen LogP contribution in [-0.4, -0.2) is 68.9 Å². The number of sulfonamides is 4. The molecule has 0 aliphatic carbocycles. The number of ether oxygens (including phenoxy) is 1. The van der Waals surface area contributed by atoms with Crippen molar-refractivity contribution < 1.29 is 63.1 Å². The lowest BCUT2D eigenvalue weighted by Crippen LogP contribution is -2.29. The van der Waals surface area contributed by atoms with E-state index in [2.05, 4.69) is 6.07 Å². The topological polar surface area (TPSA) is 286 Å². The number of carbonyl (C=O) groups is 3. The predicted molar refractivity (Wildman–Crippen MR) is 329 cm³/mol. The van der Waals surface area contributed by atoms with Gasteiger partial charge in [0.05, 0.1) is 86.1 Å². The number of hydroxylamine groups is 1. The van der Waals surface area contributed by atoms with Gasteiger partial charge in [0.25, 0.3) is 40.1 Å². The molecule has 8 aromatic carbocycles. The summed E-state index contributed by atoms with van der Waals surface area (Å²) in [5, 5.41) is 26.4. The number of hydrogen-bond donors (Lipinski definition) is 3. The Balaban J connectivity index is 0.000000140. The summed E-state index contributed by atoms with van der Waals surface area (Å²) in [5.41, 5.74) is 6.58. The molecule has 4 heterocycles. The highest BCUT2D eigenvalue weighted by Gasteiger charge is 2.46. The van der Waals surface area contributed by atoms with Crippen molar-refractivity contribution in [3.05, 3.63) is 241 Å². The maximum absolute atomic E-state index is 12.9. The lowest BCUT2D eigenvalue weighted by molar-refractivity contribution is -0.141. The third-order valence-electron chi connectivity index (χ3n) is 15.0. The van der Waals surface area contributed by atoms with Crippen LogP contribution in [0.1, 0.15) is 91.4 Å². The summed E-state index contributed by atoms with van der Waals surface area (Å²) in [6.45, 7) is 0. The summed E-state index contributed by atoms with van der Waals surface area (Å²) in [5.74, 6) is -1.92. The van der Waals surface area contributed by atoms with Crippen molar-refractivity contribution in [1.29, 1.82) is 5.26 Å². The van der Waals surface area contributed by atoms with Crippen LogP contribution in [0.4, 0.5) is 22.7 Å². The number of nitrogens with one attached hydrogen (secondary N) is 1. The Kier molecular flexibility index (Phi) is 19.5. The molecular formula is C64H60N6O14S4. The number of esters is 1. The van der Waals surface area contributed by atoms with E-state index in [4.69, 9.17) is 20.3 Å². The molecule has 24 heteroatoms. The van der Waals surface area contributed by atoms with Gasteiger partial charge in [0, 0.05) is 19.3 Å². The van der Waals surface area contributed by atoms with Gasteiger partial charge < -0.3 is 9.84 Å². The standard InChI is InChI=1S/C16H16N2O4S.C16H14N2O2S.2C16H15NO4S/c19-16(17-20)11-10-14-13-8-4-5-9-15(13)23(21,22)18(14)12-6-2-1-3-7-12;17-12-6-10-15-14-9-4-5-11-16(14)21(19,20)18(15)13-7-2-1-3-8-13;1-21-16(18)11-14-13-9-5-6-10-15(13)22(19,20)17(14)12-7-3-2-4-8-12;18-16(19)11-10-14-13-8-4-5-9-15(13)22(20,21)17(14)12-6-2-1-3-7-12/h1-9,14,20H,10-11H2,(H,17,19);1-5,7-9,11,15H,6,10H2;2-10,14H,11H2,1H3;1-9,14H,10-11H2,(H,18,19). The van der Waals surface area contributed by atoms with Crippen molar-refractivity contribution in [2.24, 2.45) is 0 Å². The van der Waals surface area contributed by atoms with Crippen LogP contribution in [0.3, 0.4) is 0 Å². The van der Waals surface area contributed by atoms with Crippen LogP contribution < -0.4 is 22.7 Å². The summed E-state index contributed by atoms with van der Waals surface area (Å²) >= 11 is 0. The number of nitrogens with zero attached hydrogens (tertiary/aromatic N) is 5. The number of nitriles is 1. The van der Waals surface area contributed by atoms with E-state index in [1.807, 2.05) is 48.5 Å². The number of hydrogen-bond acceptors (Lipinski definition) is 14. The monoisotopic (exact) mass is 1260 g/mol. The molecule has 4 atom stereocenters. The van der Waals surface area contributed by atoms with E-state index in [-0.39, 0.29) is 52.8 Å². The molecule has 0 radical (unpaired) electrons. The third kappa shape index (κ3) is 12.9. The van der Waals surface area contributed by atoms with E-state index in [0.717, 1.165) is 5.56 Å². The van der Waals surface area contributed by atoms with Crippen molar-refractivity contribution in [2.75, 3.05) is 24.3 Å². The highest BCUT2D eigenvalue weighted by atomic mass is 32.2. The number of carbonyl (C=O) groups excluding carboxylic acids is 2. The van der Waals surface area contributed by atoms with Crippen LogP contribution in [0.5, 0.6) is 0 Å². The van der Waals surface area contributed by atoms with Gasteiger partial charge in [0.15, 0.2) is 0 Å². The number of amides is 1. The van der Waals surface area contributed by atoms with Gasteiger partial charge in [-0.25, -0.2) is 39.2 Å². The van der Waals surface area contributed by atoms with Crippen molar-refractivity contribution in [3.63, 3.8) is 0 Å². The molecule has 3 N–H and O–H groups in total. The van der Waals surface area contributed by atoms with Gasteiger partial charge in [-0.3, -0.25) is 36.8 Å². The molecule has 0 saturated heterocycles. The van der Waals surface area contributed by atoms with Crippen LogP contribution in [0.25, 0.3) is 0 Å². The molecule has 0 saturated carbocycles. The molecule has 0 spiro atoms. The third-order valence-corrected chi connectivity index (χ3v) is 22.6. The number of carboxylic acid groups (broad SMARTS) is 1. The Morgan fingerprint density at radius 3 is 1.00 bits per heavy atom. The van der Waals surface area contributed by atoms with E-state index in [1.165, 1.54) is 24.3 Å². The quantitative estimate of drug-likeness (QED) is 0.0518. The molecule has 20 nitrogen and oxygen atoms in total. The van der Waals surface area contributed by atoms with Gasteiger partial charge >= 0.3 is 11.9 Å². The Labute approximate surface area is 511 Å². The highest BCUT2D eigenvalue weighted by molar-refractivity contribution is 7.94. The number of benzene rings is 8. The van der Waals surface area contributed by atoms with Crippen LogP contribution in [-0.2, 0) is 59.2 Å². The van der Waals surface area contributed by atoms with Crippen LogP contribution in [0.2, 0.25) is 0 Å². The average molecular weight is 1270 g/mol. The van der Waals surface area contributed by atoms with E-state index >= 15 is 0 Å². The molecule has 0 bridgehead atoms. The second kappa shape index (κ2) is 27.1. The fraction of sp³-hybridized carbons (Fsp3) is 0.188. The first kappa shape index (κ1) is 63.1. The number of anilines is 4. The number of carboxylic acids is 1. The average Bonchev–Trinajstić information content (AvgIpc) is 1.76. The summed E-state index contributed by atoms with van der Waals surface area (Å²) in [7, 11) is -13.3. The lowest BCUT2D eigenvalue weighted by atomic mass is 10.0. The smallest absolute Gasteiger partial charge is 0.307 e. The molecule has 4 unspecified atom stereocenters. The first-order valence-corrected chi connectivity index (χ1v) is 33.4. The lowest BCUT2D eigenvalue weighted by Gasteiger charge is -2.25. The molecule has 454 valence electrons. The number of fused-ring (bicyclic) bond motifs is 4. The number of aliphatic carboxylic acids is 1. The van der Waals surface area contributed by atoms with E-state index in [0.29, 0.717) is 57.2 Å². The Bertz CT molecular complexity index is 4340. The van der Waals surface area contributed by atoms with Crippen molar-refractivity contribution >= 4 is 80.7 Å². The summed E-state index contributed by atoms with van der Waals surface area (Å²) in [6, 6.07) is 63.0. The van der Waals surface area contributed by atoms with Crippen LogP contribution in [0, 0.1) is 11.3 Å². The Morgan fingerprint density at radius 1 is 0.432 bits per heavy atom. The van der Waals surface area contributed by atoms with Gasteiger partial charge in [-0.15, -0.1) is 0 Å². The number of para-hydroxylation sites is 4. The minimum absolute atomic E-state index is 0.0222. The maximum Gasteiger partial charge on any atom is 0.307 e. The van der Waals surface area contributed by atoms with Crippen LogP contribution >= 0.6 is 0 Å². The predicted octanol–water partition coefficient (Wildman–Crippen LogP) is 10.8. The van der Waals surface area contributed by atoms with Gasteiger partial charge in [-0.05, 0) is 114 Å². The Hall–Kier alpha value is -9.38.